The molecule has 1 fully saturated rings. The topological polar surface area (TPSA) is 80.3 Å². The molecule has 1 aliphatic heterocycles. The molecule has 7 nitrogen and oxygen atoms in total. The van der Waals surface area contributed by atoms with E-state index in [9.17, 15) is 9.59 Å². The van der Waals surface area contributed by atoms with Crippen molar-refractivity contribution in [2.24, 2.45) is 0 Å². The number of methoxy groups -OCH3 is 1. The van der Waals surface area contributed by atoms with Gasteiger partial charge in [-0.2, -0.15) is 0 Å². The van der Waals surface area contributed by atoms with E-state index in [1.165, 1.54) is 6.92 Å². The predicted octanol–water partition coefficient (Wildman–Crippen LogP) is 3.87. The Labute approximate surface area is 159 Å². The van der Waals surface area contributed by atoms with Gasteiger partial charge in [0.1, 0.15) is 11.5 Å². The second-order valence-corrected chi connectivity index (χ2v) is 5.56. The fraction of sp³-hybridized carbons (Fsp3) is 0.400. The second-order valence-electron chi connectivity index (χ2n) is 5.56. The number of ether oxygens (including phenoxy) is 5. The summed E-state index contributed by atoms with van der Waals surface area (Å²) in [5.41, 5.74) is 2.21. The van der Waals surface area contributed by atoms with Gasteiger partial charge in [-0.15, -0.1) is 0 Å². The zero-order valence-electron chi connectivity index (χ0n) is 16.0. The SMILES string of the molecule is C=C(CC)OC(C)=O.COCc1ccc(COCC=C2COC(=O)O2)cc1. The molecule has 1 saturated heterocycles. The van der Waals surface area contributed by atoms with Crippen LogP contribution >= 0.6 is 0 Å². The van der Waals surface area contributed by atoms with Crippen LogP contribution in [0.3, 0.4) is 0 Å². The second kappa shape index (κ2) is 12.7. The Morgan fingerprint density at radius 2 is 1.85 bits per heavy atom. The fourth-order valence-electron chi connectivity index (χ4n) is 1.90. The van der Waals surface area contributed by atoms with Gasteiger partial charge in [-0.3, -0.25) is 4.79 Å². The van der Waals surface area contributed by atoms with E-state index in [0.29, 0.717) is 37.8 Å². The number of benzene rings is 1. The maximum atomic E-state index is 10.7. The van der Waals surface area contributed by atoms with E-state index in [2.05, 4.69) is 16.1 Å². The van der Waals surface area contributed by atoms with Crippen LogP contribution in [0.15, 0.2) is 48.4 Å². The van der Waals surface area contributed by atoms with Gasteiger partial charge in [-0.05, 0) is 17.2 Å². The molecule has 1 aromatic carbocycles. The third kappa shape index (κ3) is 10.2. The van der Waals surface area contributed by atoms with Crippen LogP contribution in [0.25, 0.3) is 0 Å². The van der Waals surface area contributed by atoms with Crippen LogP contribution in [0.5, 0.6) is 0 Å². The van der Waals surface area contributed by atoms with E-state index < -0.39 is 6.16 Å². The Kier molecular flexibility index (Phi) is 10.5. The van der Waals surface area contributed by atoms with Crippen LogP contribution in [0.2, 0.25) is 0 Å². The number of rotatable bonds is 8. The summed E-state index contributed by atoms with van der Waals surface area (Å²) < 4.78 is 24.5. The van der Waals surface area contributed by atoms with E-state index in [-0.39, 0.29) is 12.6 Å². The van der Waals surface area contributed by atoms with Crippen molar-refractivity contribution in [3.05, 3.63) is 59.6 Å². The third-order valence-corrected chi connectivity index (χ3v) is 3.26. The maximum absolute atomic E-state index is 10.7. The van der Waals surface area contributed by atoms with E-state index in [0.717, 1.165) is 11.1 Å². The van der Waals surface area contributed by atoms with E-state index >= 15 is 0 Å². The summed E-state index contributed by atoms with van der Waals surface area (Å²) in [6, 6.07) is 8.01. The normalized spacial score (nSPS) is 14.0. The van der Waals surface area contributed by atoms with Crippen LogP contribution in [-0.2, 0) is 41.7 Å². The average molecular weight is 378 g/mol. The number of hydrogen-bond acceptors (Lipinski definition) is 7. The highest BCUT2D eigenvalue weighted by Crippen LogP contribution is 2.10. The van der Waals surface area contributed by atoms with Crippen LogP contribution in [0, 0.1) is 0 Å². The lowest BCUT2D eigenvalue weighted by atomic mass is 10.1. The molecule has 0 radical (unpaired) electrons. The summed E-state index contributed by atoms with van der Waals surface area (Å²) in [7, 11) is 1.67. The molecule has 1 heterocycles. The molecule has 0 saturated carbocycles. The van der Waals surface area contributed by atoms with Crippen molar-refractivity contribution in [1.82, 2.24) is 0 Å². The summed E-state index contributed by atoms with van der Waals surface area (Å²) in [6.07, 6.45) is 1.74. The van der Waals surface area contributed by atoms with Gasteiger partial charge in [0.15, 0.2) is 6.61 Å². The summed E-state index contributed by atoms with van der Waals surface area (Å²) in [5.74, 6) is 0.731. The molecule has 0 bridgehead atoms. The number of cyclic esters (lactones) is 2. The smallest absolute Gasteiger partial charge is 0.432 e. The van der Waals surface area contributed by atoms with Crippen LogP contribution in [0.4, 0.5) is 4.79 Å². The minimum absolute atomic E-state index is 0.188. The van der Waals surface area contributed by atoms with Crippen molar-refractivity contribution in [3.63, 3.8) is 0 Å². The minimum atomic E-state index is -0.653. The first-order valence-electron chi connectivity index (χ1n) is 8.48. The Morgan fingerprint density at radius 1 is 1.22 bits per heavy atom. The molecule has 1 aromatic rings. The number of allylic oxidation sites excluding steroid dienone is 1. The maximum Gasteiger partial charge on any atom is 0.514 e. The van der Waals surface area contributed by atoms with Gasteiger partial charge >= 0.3 is 12.1 Å². The predicted molar refractivity (Wildman–Crippen MR) is 98.5 cm³/mol. The third-order valence-electron chi connectivity index (χ3n) is 3.26. The zero-order chi connectivity index (χ0) is 20.1. The Morgan fingerprint density at radius 3 is 2.30 bits per heavy atom. The first kappa shape index (κ1) is 22.4. The fourth-order valence-corrected chi connectivity index (χ4v) is 1.90. The van der Waals surface area contributed by atoms with Crippen LogP contribution in [-0.4, -0.2) is 32.4 Å². The summed E-state index contributed by atoms with van der Waals surface area (Å²) in [4.78, 5) is 20.8. The highest BCUT2D eigenvalue weighted by molar-refractivity contribution is 5.67. The lowest BCUT2D eigenvalue weighted by Crippen LogP contribution is -1.96. The average Bonchev–Trinajstić information content (AvgIpc) is 3.05. The van der Waals surface area contributed by atoms with Gasteiger partial charge in [-0.1, -0.05) is 37.8 Å². The molecule has 0 unspecified atom stereocenters. The Bertz CT molecular complexity index is 647. The van der Waals surface area contributed by atoms with Crippen molar-refractivity contribution in [2.75, 3.05) is 20.3 Å². The Balaban J connectivity index is 0.000000387. The molecule has 1 aliphatic rings. The Hall–Kier alpha value is -2.64. The molecule has 0 atom stereocenters. The van der Waals surface area contributed by atoms with Gasteiger partial charge in [-0.25, -0.2) is 4.79 Å². The molecule has 148 valence electrons. The van der Waals surface area contributed by atoms with Crippen molar-refractivity contribution in [2.45, 2.75) is 33.5 Å². The van der Waals surface area contributed by atoms with E-state index in [1.807, 2.05) is 31.2 Å². The van der Waals surface area contributed by atoms with E-state index in [4.69, 9.17) is 14.2 Å². The lowest BCUT2D eigenvalue weighted by Gasteiger charge is -2.04. The summed E-state index contributed by atoms with van der Waals surface area (Å²) in [5, 5.41) is 0. The van der Waals surface area contributed by atoms with Crippen molar-refractivity contribution in [1.29, 1.82) is 0 Å². The molecule has 7 heteroatoms. The number of hydrogen-bond donors (Lipinski definition) is 0. The monoisotopic (exact) mass is 378 g/mol. The summed E-state index contributed by atoms with van der Waals surface area (Å²) >= 11 is 0. The molecule has 0 amide bonds. The highest BCUT2D eigenvalue weighted by Gasteiger charge is 2.17. The minimum Gasteiger partial charge on any atom is -0.432 e. The molecule has 0 spiro atoms. The molecule has 0 aliphatic carbocycles. The first-order valence-corrected chi connectivity index (χ1v) is 8.48. The van der Waals surface area contributed by atoms with Gasteiger partial charge in [0.25, 0.3) is 0 Å². The molecular formula is C20H26O7. The van der Waals surface area contributed by atoms with Crippen molar-refractivity contribution >= 4 is 12.1 Å². The molecule has 27 heavy (non-hydrogen) atoms. The van der Waals surface area contributed by atoms with Gasteiger partial charge in [0, 0.05) is 20.5 Å². The van der Waals surface area contributed by atoms with Crippen molar-refractivity contribution < 1.29 is 33.3 Å². The van der Waals surface area contributed by atoms with Crippen LogP contribution in [0.1, 0.15) is 31.4 Å². The van der Waals surface area contributed by atoms with Gasteiger partial charge < -0.3 is 23.7 Å². The first-order chi connectivity index (χ1) is 12.9. The number of carbonyl (C=O) groups excluding carboxylic acids is 2. The molecule has 0 aromatic heterocycles. The van der Waals surface area contributed by atoms with Crippen LogP contribution < -0.4 is 0 Å². The highest BCUT2D eigenvalue weighted by atomic mass is 16.8. The molecule has 0 N–H and O–H groups in total. The quantitative estimate of drug-likeness (QED) is 0.386. The summed E-state index contributed by atoms with van der Waals surface area (Å²) in [6.45, 7) is 8.40. The largest absolute Gasteiger partial charge is 0.514 e. The van der Waals surface area contributed by atoms with Gasteiger partial charge in [0.05, 0.1) is 19.8 Å². The van der Waals surface area contributed by atoms with Crippen molar-refractivity contribution in [3.8, 4) is 0 Å². The number of carbonyl (C=O) groups is 2. The standard InChI is InChI=1S/C14H16O5.C6H10O2/c1-16-8-11-2-4-12(5-3-11)9-17-7-6-13-10-18-14(15)19-13;1-4-5(2)8-6(3)7/h2-6H,7-10H2,1H3;2,4H2,1,3H3. The molecular weight excluding hydrogens is 352 g/mol. The lowest BCUT2D eigenvalue weighted by molar-refractivity contribution is -0.137. The number of esters is 1. The van der Waals surface area contributed by atoms with E-state index in [1.54, 1.807) is 13.2 Å². The zero-order valence-corrected chi connectivity index (χ0v) is 16.0. The molecule has 2 rings (SSSR count). The van der Waals surface area contributed by atoms with Gasteiger partial charge in [0.2, 0.25) is 0 Å².